The molecule has 1 heterocycles. The van der Waals surface area contributed by atoms with Crippen molar-refractivity contribution in [2.75, 3.05) is 13.2 Å². The van der Waals surface area contributed by atoms with Crippen LogP contribution in [0.5, 0.6) is 0 Å². The highest BCUT2D eigenvalue weighted by atomic mass is 16.5. The summed E-state index contributed by atoms with van der Waals surface area (Å²) in [4.78, 5) is 0. The number of nitrogens with one attached hydrogen (secondary N) is 1. The average molecular weight is 211 g/mol. The van der Waals surface area contributed by atoms with Crippen LogP contribution >= 0.6 is 0 Å². The molecule has 1 aliphatic heterocycles. The summed E-state index contributed by atoms with van der Waals surface area (Å²) < 4.78 is 6.01. The van der Waals surface area contributed by atoms with E-state index in [4.69, 9.17) is 4.74 Å². The molecule has 1 saturated heterocycles. The summed E-state index contributed by atoms with van der Waals surface area (Å²) in [7, 11) is 0. The van der Waals surface area contributed by atoms with Gasteiger partial charge in [0.15, 0.2) is 0 Å². The normalized spacial score (nSPS) is 37.6. The van der Waals surface area contributed by atoms with E-state index in [0.717, 1.165) is 19.1 Å². The first-order chi connectivity index (χ1) is 7.22. The SMILES string of the molecule is CCNC1CCOC(C)(CC2CCC2)C1. The predicted octanol–water partition coefficient (Wildman–Crippen LogP) is 2.72. The van der Waals surface area contributed by atoms with Gasteiger partial charge in [-0.05, 0) is 38.6 Å². The van der Waals surface area contributed by atoms with Gasteiger partial charge in [-0.15, -0.1) is 0 Å². The molecule has 0 bridgehead atoms. The molecule has 2 heteroatoms. The van der Waals surface area contributed by atoms with E-state index in [1.165, 1.54) is 38.5 Å². The van der Waals surface area contributed by atoms with Crippen LogP contribution in [0.25, 0.3) is 0 Å². The van der Waals surface area contributed by atoms with E-state index in [2.05, 4.69) is 19.2 Å². The molecule has 2 atom stereocenters. The molecule has 2 fully saturated rings. The van der Waals surface area contributed by atoms with Gasteiger partial charge in [0.05, 0.1) is 5.60 Å². The van der Waals surface area contributed by atoms with E-state index in [1.54, 1.807) is 0 Å². The molecular weight excluding hydrogens is 186 g/mol. The first kappa shape index (κ1) is 11.4. The van der Waals surface area contributed by atoms with Crippen LogP contribution < -0.4 is 5.32 Å². The molecule has 2 aliphatic rings. The summed E-state index contributed by atoms with van der Waals surface area (Å²) >= 11 is 0. The van der Waals surface area contributed by atoms with Crippen LogP contribution in [-0.2, 0) is 4.74 Å². The molecule has 0 aromatic heterocycles. The van der Waals surface area contributed by atoms with E-state index in [0.29, 0.717) is 6.04 Å². The largest absolute Gasteiger partial charge is 0.375 e. The van der Waals surface area contributed by atoms with Crippen LogP contribution in [0.2, 0.25) is 0 Å². The molecule has 15 heavy (non-hydrogen) atoms. The van der Waals surface area contributed by atoms with Gasteiger partial charge < -0.3 is 10.1 Å². The average Bonchev–Trinajstić information content (AvgIpc) is 2.13. The van der Waals surface area contributed by atoms with Gasteiger partial charge >= 0.3 is 0 Å². The smallest absolute Gasteiger partial charge is 0.0672 e. The maximum atomic E-state index is 6.01. The fourth-order valence-corrected chi connectivity index (χ4v) is 3.04. The van der Waals surface area contributed by atoms with Crippen molar-refractivity contribution in [2.45, 2.75) is 64.0 Å². The molecule has 0 spiro atoms. The van der Waals surface area contributed by atoms with E-state index in [1.807, 2.05) is 0 Å². The van der Waals surface area contributed by atoms with Gasteiger partial charge in [-0.2, -0.15) is 0 Å². The Labute approximate surface area is 93.8 Å². The van der Waals surface area contributed by atoms with Crippen molar-refractivity contribution in [3.63, 3.8) is 0 Å². The molecule has 0 aromatic carbocycles. The van der Waals surface area contributed by atoms with Gasteiger partial charge in [0.2, 0.25) is 0 Å². The summed E-state index contributed by atoms with van der Waals surface area (Å²) in [6.07, 6.45) is 7.99. The zero-order chi connectivity index (χ0) is 10.7. The van der Waals surface area contributed by atoms with Crippen molar-refractivity contribution >= 4 is 0 Å². The Kier molecular flexibility index (Phi) is 3.68. The molecule has 2 unspecified atom stereocenters. The lowest BCUT2D eigenvalue weighted by Crippen LogP contribution is -2.46. The first-order valence-corrected chi connectivity index (χ1v) is 6.59. The monoisotopic (exact) mass is 211 g/mol. The molecule has 0 aromatic rings. The molecule has 0 radical (unpaired) electrons. The van der Waals surface area contributed by atoms with Gasteiger partial charge in [0.1, 0.15) is 0 Å². The predicted molar refractivity (Wildman–Crippen MR) is 63.0 cm³/mol. The molecule has 2 nitrogen and oxygen atoms in total. The molecule has 1 N–H and O–H groups in total. The minimum atomic E-state index is 0.163. The maximum Gasteiger partial charge on any atom is 0.0672 e. The molecule has 2 rings (SSSR count). The second kappa shape index (κ2) is 4.84. The highest BCUT2D eigenvalue weighted by Crippen LogP contribution is 2.38. The minimum absolute atomic E-state index is 0.163. The number of ether oxygens (including phenoxy) is 1. The van der Waals surface area contributed by atoms with Crippen LogP contribution in [0.1, 0.15) is 52.4 Å². The van der Waals surface area contributed by atoms with Crippen molar-refractivity contribution < 1.29 is 4.74 Å². The fraction of sp³-hybridized carbons (Fsp3) is 1.00. The summed E-state index contributed by atoms with van der Waals surface area (Å²) in [6, 6.07) is 0.689. The zero-order valence-electron chi connectivity index (χ0n) is 10.2. The van der Waals surface area contributed by atoms with Crippen LogP contribution in [-0.4, -0.2) is 24.8 Å². The molecule has 0 amide bonds. The van der Waals surface area contributed by atoms with E-state index in [9.17, 15) is 0 Å². The third-order valence-electron chi connectivity index (χ3n) is 4.03. The Morgan fingerprint density at radius 1 is 1.33 bits per heavy atom. The van der Waals surface area contributed by atoms with Gasteiger partial charge in [0, 0.05) is 12.6 Å². The third-order valence-corrected chi connectivity index (χ3v) is 4.03. The van der Waals surface area contributed by atoms with E-state index < -0.39 is 0 Å². The lowest BCUT2D eigenvalue weighted by Gasteiger charge is -2.42. The Balaban J connectivity index is 1.82. The maximum absolute atomic E-state index is 6.01. The standard InChI is InChI=1S/C13H25NO/c1-3-14-12-7-8-15-13(2,10-12)9-11-5-4-6-11/h11-12,14H,3-10H2,1-2H3. The Bertz CT molecular complexity index is 201. The molecule has 88 valence electrons. The van der Waals surface area contributed by atoms with Gasteiger partial charge in [0.25, 0.3) is 0 Å². The summed E-state index contributed by atoms with van der Waals surface area (Å²) in [5.41, 5.74) is 0.163. The second-order valence-electron chi connectivity index (χ2n) is 5.55. The van der Waals surface area contributed by atoms with E-state index in [-0.39, 0.29) is 5.60 Å². The highest BCUT2D eigenvalue weighted by molar-refractivity contribution is 4.89. The topological polar surface area (TPSA) is 21.3 Å². The van der Waals surface area contributed by atoms with Crippen LogP contribution in [0.4, 0.5) is 0 Å². The molecular formula is C13H25NO. The minimum Gasteiger partial charge on any atom is -0.375 e. The summed E-state index contributed by atoms with van der Waals surface area (Å²) in [5.74, 6) is 0.954. The summed E-state index contributed by atoms with van der Waals surface area (Å²) in [6.45, 7) is 6.54. The lowest BCUT2D eigenvalue weighted by atomic mass is 9.75. The Morgan fingerprint density at radius 2 is 2.13 bits per heavy atom. The number of rotatable bonds is 4. The lowest BCUT2D eigenvalue weighted by molar-refractivity contribution is -0.0943. The first-order valence-electron chi connectivity index (χ1n) is 6.59. The third kappa shape index (κ3) is 2.94. The van der Waals surface area contributed by atoms with Crippen molar-refractivity contribution in [3.05, 3.63) is 0 Å². The van der Waals surface area contributed by atoms with Gasteiger partial charge in [-0.1, -0.05) is 26.2 Å². The van der Waals surface area contributed by atoms with Gasteiger partial charge in [-0.3, -0.25) is 0 Å². The molecule has 1 saturated carbocycles. The molecule has 1 aliphatic carbocycles. The van der Waals surface area contributed by atoms with Crippen LogP contribution in [0, 0.1) is 5.92 Å². The fourth-order valence-electron chi connectivity index (χ4n) is 3.04. The second-order valence-corrected chi connectivity index (χ2v) is 5.55. The van der Waals surface area contributed by atoms with E-state index >= 15 is 0 Å². The summed E-state index contributed by atoms with van der Waals surface area (Å²) in [5, 5.41) is 3.57. The van der Waals surface area contributed by atoms with Crippen LogP contribution in [0.3, 0.4) is 0 Å². The highest BCUT2D eigenvalue weighted by Gasteiger charge is 2.36. The zero-order valence-corrected chi connectivity index (χ0v) is 10.2. The van der Waals surface area contributed by atoms with Crippen molar-refractivity contribution in [1.82, 2.24) is 5.32 Å². The Hall–Kier alpha value is -0.0800. The van der Waals surface area contributed by atoms with Crippen molar-refractivity contribution in [3.8, 4) is 0 Å². The number of hydrogen-bond acceptors (Lipinski definition) is 2. The van der Waals surface area contributed by atoms with Crippen molar-refractivity contribution in [1.29, 1.82) is 0 Å². The van der Waals surface area contributed by atoms with Gasteiger partial charge in [-0.25, -0.2) is 0 Å². The Morgan fingerprint density at radius 3 is 2.73 bits per heavy atom. The number of hydrogen-bond donors (Lipinski definition) is 1. The van der Waals surface area contributed by atoms with Crippen LogP contribution in [0.15, 0.2) is 0 Å². The van der Waals surface area contributed by atoms with Crippen molar-refractivity contribution in [2.24, 2.45) is 5.92 Å². The quantitative estimate of drug-likeness (QED) is 0.772.